The number of nitrogens with zero attached hydrogens (tertiary/aromatic N) is 2. The molecule has 1 aromatic heterocycles. The lowest BCUT2D eigenvalue weighted by Crippen LogP contribution is -2.23. The van der Waals surface area contributed by atoms with Crippen LogP contribution < -0.4 is 5.73 Å². The van der Waals surface area contributed by atoms with Gasteiger partial charge in [-0.15, -0.1) is 0 Å². The first-order chi connectivity index (χ1) is 7.46. The van der Waals surface area contributed by atoms with Gasteiger partial charge in [-0.1, -0.05) is 0 Å². The summed E-state index contributed by atoms with van der Waals surface area (Å²) in [6, 6.07) is 0.0506. The zero-order valence-electron chi connectivity index (χ0n) is 10.3. The number of hydrogen-bond acceptors (Lipinski definition) is 3. The smallest absolute Gasteiger partial charge is 0.0779 e. The molecule has 2 atom stereocenters. The van der Waals surface area contributed by atoms with Crippen molar-refractivity contribution in [3.05, 3.63) is 18.0 Å². The van der Waals surface area contributed by atoms with Crippen molar-refractivity contribution in [2.45, 2.75) is 57.9 Å². The maximum absolute atomic E-state index is 5.93. The van der Waals surface area contributed by atoms with Crippen LogP contribution in [0.2, 0.25) is 0 Å². The summed E-state index contributed by atoms with van der Waals surface area (Å²) >= 11 is 0. The molecule has 0 bridgehead atoms. The molecule has 90 valence electrons. The number of nitrogens with two attached hydrogens (primary N) is 1. The second-order valence-corrected chi connectivity index (χ2v) is 5.32. The van der Waals surface area contributed by atoms with Crippen molar-refractivity contribution in [1.82, 2.24) is 9.78 Å². The van der Waals surface area contributed by atoms with Gasteiger partial charge >= 0.3 is 0 Å². The van der Waals surface area contributed by atoms with Crippen LogP contribution in [0.5, 0.6) is 0 Å². The topological polar surface area (TPSA) is 53.1 Å². The van der Waals surface area contributed by atoms with Crippen molar-refractivity contribution in [2.24, 2.45) is 5.73 Å². The molecule has 1 fully saturated rings. The minimum absolute atomic E-state index is 0.0296. The Labute approximate surface area is 96.8 Å². The van der Waals surface area contributed by atoms with Gasteiger partial charge in [0.15, 0.2) is 0 Å². The number of hydrogen-bond donors (Lipinski definition) is 1. The van der Waals surface area contributed by atoms with E-state index in [0.29, 0.717) is 0 Å². The van der Waals surface area contributed by atoms with Crippen LogP contribution >= 0.6 is 0 Å². The van der Waals surface area contributed by atoms with Gasteiger partial charge in [0.2, 0.25) is 0 Å². The molecule has 4 nitrogen and oxygen atoms in total. The number of rotatable bonds is 3. The zero-order chi connectivity index (χ0) is 11.8. The van der Waals surface area contributed by atoms with Crippen LogP contribution in [0.4, 0.5) is 0 Å². The summed E-state index contributed by atoms with van der Waals surface area (Å²) in [7, 11) is 0. The van der Waals surface area contributed by atoms with E-state index in [1.165, 1.54) is 0 Å². The second kappa shape index (κ2) is 4.18. The monoisotopic (exact) mass is 223 g/mol. The molecule has 4 heteroatoms. The Hall–Kier alpha value is -0.870. The van der Waals surface area contributed by atoms with Crippen LogP contribution in [-0.2, 0) is 11.3 Å². The van der Waals surface area contributed by atoms with Crippen LogP contribution in [0.1, 0.15) is 45.2 Å². The van der Waals surface area contributed by atoms with E-state index in [-0.39, 0.29) is 17.7 Å². The molecule has 16 heavy (non-hydrogen) atoms. The van der Waals surface area contributed by atoms with Crippen LogP contribution in [-0.4, -0.2) is 21.5 Å². The van der Waals surface area contributed by atoms with E-state index in [4.69, 9.17) is 10.5 Å². The Balaban J connectivity index is 1.94. The third kappa shape index (κ3) is 2.62. The average molecular weight is 223 g/mol. The van der Waals surface area contributed by atoms with E-state index in [2.05, 4.69) is 18.9 Å². The third-order valence-electron chi connectivity index (χ3n) is 3.12. The normalized spacial score (nSPS) is 25.9. The predicted octanol–water partition coefficient (Wildman–Crippen LogP) is 1.86. The molecule has 0 aliphatic carbocycles. The molecule has 1 aromatic rings. The van der Waals surface area contributed by atoms with Gasteiger partial charge in [-0.25, -0.2) is 0 Å². The molecule has 1 aliphatic rings. The first kappa shape index (κ1) is 11.6. The molecule has 0 saturated carbocycles. The minimum Gasteiger partial charge on any atom is -0.370 e. The molecule has 2 N–H and O–H groups in total. The molecular weight excluding hydrogens is 202 g/mol. The van der Waals surface area contributed by atoms with Gasteiger partial charge in [0.05, 0.1) is 24.4 Å². The third-order valence-corrected chi connectivity index (χ3v) is 3.12. The highest BCUT2D eigenvalue weighted by Gasteiger charge is 2.31. The lowest BCUT2D eigenvalue weighted by Gasteiger charge is -2.19. The Morgan fingerprint density at radius 2 is 2.44 bits per heavy atom. The number of aromatic nitrogens is 2. The summed E-state index contributed by atoms with van der Waals surface area (Å²) in [5.41, 5.74) is 6.90. The quantitative estimate of drug-likeness (QED) is 0.851. The highest BCUT2D eigenvalue weighted by Crippen LogP contribution is 2.30. The Morgan fingerprint density at radius 1 is 1.69 bits per heavy atom. The SMILES string of the molecule is CC(N)c1cnn(CC2CCC(C)(C)O2)c1. The largest absolute Gasteiger partial charge is 0.370 e. The van der Waals surface area contributed by atoms with Crippen LogP contribution in [0.3, 0.4) is 0 Å². The summed E-state index contributed by atoms with van der Waals surface area (Å²) in [5, 5.41) is 4.31. The molecule has 1 saturated heterocycles. The Bertz CT molecular complexity index is 357. The van der Waals surface area contributed by atoms with Gasteiger partial charge in [0, 0.05) is 17.8 Å². The maximum atomic E-state index is 5.93. The van der Waals surface area contributed by atoms with Crippen LogP contribution in [0.15, 0.2) is 12.4 Å². The zero-order valence-corrected chi connectivity index (χ0v) is 10.3. The predicted molar refractivity (Wildman–Crippen MR) is 63.0 cm³/mol. The standard InChI is InChI=1S/C12H21N3O/c1-9(13)10-6-14-15(7-10)8-11-4-5-12(2,3)16-11/h6-7,9,11H,4-5,8,13H2,1-3H3. The molecule has 2 rings (SSSR count). The van der Waals surface area contributed by atoms with Gasteiger partial charge < -0.3 is 10.5 Å². The van der Waals surface area contributed by atoms with Gasteiger partial charge in [0.25, 0.3) is 0 Å². The fourth-order valence-electron chi connectivity index (χ4n) is 2.13. The molecule has 0 aromatic carbocycles. The first-order valence-electron chi connectivity index (χ1n) is 5.92. The van der Waals surface area contributed by atoms with Crippen molar-refractivity contribution < 1.29 is 4.74 Å². The molecule has 1 aliphatic heterocycles. The van der Waals surface area contributed by atoms with E-state index < -0.39 is 0 Å². The molecule has 2 unspecified atom stereocenters. The van der Waals surface area contributed by atoms with E-state index in [0.717, 1.165) is 24.9 Å². The van der Waals surface area contributed by atoms with E-state index in [1.807, 2.05) is 24.0 Å². The lowest BCUT2D eigenvalue weighted by molar-refractivity contribution is -0.0229. The van der Waals surface area contributed by atoms with Crippen LogP contribution in [0, 0.1) is 0 Å². The first-order valence-corrected chi connectivity index (χ1v) is 5.92. The van der Waals surface area contributed by atoms with Crippen molar-refractivity contribution in [3.63, 3.8) is 0 Å². The van der Waals surface area contributed by atoms with Gasteiger partial charge in [-0.05, 0) is 33.6 Å². The molecule has 0 radical (unpaired) electrons. The van der Waals surface area contributed by atoms with Crippen molar-refractivity contribution in [2.75, 3.05) is 0 Å². The van der Waals surface area contributed by atoms with Crippen molar-refractivity contribution >= 4 is 0 Å². The van der Waals surface area contributed by atoms with Crippen molar-refractivity contribution in [1.29, 1.82) is 0 Å². The molecule has 0 amide bonds. The average Bonchev–Trinajstić information content (AvgIpc) is 2.73. The summed E-state index contributed by atoms with van der Waals surface area (Å²) in [5.74, 6) is 0. The highest BCUT2D eigenvalue weighted by atomic mass is 16.5. The van der Waals surface area contributed by atoms with Gasteiger partial charge in [0.1, 0.15) is 0 Å². The maximum Gasteiger partial charge on any atom is 0.0779 e. The summed E-state index contributed by atoms with van der Waals surface area (Å²) in [6.07, 6.45) is 6.37. The molecule has 2 heterocycles. The lowest BCUT2D eigenvalue weighted by atomic mass is 10.1. The minimum atomic E-state index is 0.0296. The highest BCUT2D eigenvalue weighted by molar-refractivity contribution is 5.08. The Kier molecular flexibility index (Phi) is 3.04. The fraction of sp³-hybridized carbons (Fsp3) is 0.750. The van der Waals surface area contributed by atoms with E-state index in [9.17, 15) is 0 Å². The summed E-state index contributed by atoms with van der Waals surface area (Å²) in [4.78, 5) is 0. The fourth-order valence-corrected chi connectivity index (χ4v) is 2.13. The summed E-state index contributed by atoms with van der Waals surface area (Å²) < 4.78 is 7.87. The van der Waals surface area contributed by atoms with Gasteiger partial charge in [-0.2, -0.15) is 5.10 Å². The molecular formula is C12H21N3O. The van der Waals surface area contributed by atoms with Crippen LogP contribution in [0.25, 0.3) is 0 Å². The second-order valence-electron chi connectivity index (χ2n) is 5.32. The van der Waals surface area contributed by atoms with E-state index >= 15 is 0 Å². The van der Waals surface area contributed by atoms with E-state index in [1.54, 1.807) is 0 Å². The molecule has 0 spiro atoms. The van der Waals surface area contributed by atoms with Gasteiger partial charge in [-0.3, -0.25) is 4.68 Å². The van der Waals surface area contributed by atoms with Crippen molar-refractivity contribution in [3.8, 4) is 0 Å². The number of ether oxygens (including phenoxy) is 1. The Morgan fingerprint density at radius 3 is 2.94 bits per heavy atom. The summed E-state index contributed by atoms with van der Waals surface area (Å²) in [6.45, 7) is 7.08.